The van der Waals surface area contributed by atoms with E-state index in [9.17, 15) is 0 Å². The van der Waals surface area contributed by atoms with E-state index < -0.39 is 0 Å². The Hall–Kier alpha value is -0.640. The van der Waals surface area contributed by atoms with E-state index in [0.717, 1.165) is 31.1 Å². The van der Waals surface area contributed by atoms with E-state index in [1.165, 1.54) is 19.4 Å². The van der Waals surface area contributed by atoms with Crippen molar-refractivity contribution < 1.29 is 4.74 Å². The Bertz CT molecular complexity index is 340. The molecule has 1 fully saturated rings. The minimum atomic E-state index is 0.585. The Kier molecular flexibility index (Phi) is 5.23. The number of hydrogen-bond donors (Lipinski definition) is 1. The first-order valence-electron chi connectivity index (χ1n) is 6.23. The predicted molar refractivity (Wildman–Crippen MR) is 69.1 cm³/mol. The van der Waals surface area contributed by atoms with E-state index in [2.05, 4.69) is 10.3 Å². The summed E-state index contributed by atoms with van der Waals surface area (Å²) in [5.41, 5.74) is 1.02. The summed E-state index contributed by atoms with van der Waals surface area (Å²) >= 11 is 6.00. The zero-order chi connectivity index (χ0) is 11.9. The van der Waals surface area contributed by atoms with Crippen molar-refractivity contribution in [3.63, 3.8) is 0 Å². The highest BCUT2D eigenvalue weighted by Gasteiger charge is 2.12. The molecule has 1 atom stereocenters. The van der Waals surface area contributed by atoms with Crippen LogP contribution in [0.25, 0.3) is 0 Å². The topological polar surface area (TPSA) is 34.1 Å². The lowest BCUT2D eigenvalue weighted by atomic mass is 9.97. The molecule has 0 aromatic carbocycles. The highest BCUT2D eigenvalue weighted by Crippen LogP contribution is 2.16. The molecule has 0 saturated carbocycles. The van der Waals surface area contributed by atoms with Crippen molar-refractivity contribution in [2.75, 3.05) is 19.7 Å². The molecule has 0 bridgehead atoms. The molecule has 2 heterocycles. The molecule has 2 rings (SSSR count). The fourth-order valence-corrected chi connectivity index (χ4v) is 2.30. The molecule has 0 radical (unpaired) electrons. The van der Waals surface area contributed by atoms with Gasteiger partial charge in [-0.05, 0) is 49.9 Å². The summed E-state index contributed by atoms with van der Waals surface area (Å²) in [6.45, 7) is 3.70. The number of ether oxygens (including phenoxy) is 1. The summed E-state index contributed by atoms with van der Waals surface area (Å²) in [6, 6.07) is 1.91. The van der Waals surface area contributed by atoms with E-state index in [1.807, 2.05) is 6.07 Å². The Morgan fingerprint density at radius 1 is 1.53 bits per heavy atom. The van der Waals surface area contributed by atoms with Gasteiger partial charge in [-0.25, -0.2) is 0 Å². The number of piperidine rings is 1. The van der Waals surface area contributed by atoms with E-state index in [0.29, 0.717) is 11.6 Å². The average molecular weight is 255 g/mol. The van der Waals surface area contributed by atoms with Gasteiger partial charge in [-0.3, -0.25) is 4.98 Å². The van der Waals surface area contributed by atoms with Gasteiger partial charge in [-0.1, -0.05) is 11.6 Å². The van der Waals surface area contributed by atoms with Crippen molar-refractivity contribution in [1.29, 1.82) is 0 Å². The number of rotatable bonds is 5. The van der Waals surface area contributed by atoms with Crippen LogP contribution in [0.3, 0.4) is 0 Å². The average Bonchev–Trinajstić information content (AvgIpc) is 2.38. The maximum atomic E-state index is 6.00. The molecule has 17 heavy (non-hydrogen) atoms. The first-order valence-corrected chi connectivity index (χ1v) is 6.61. The van der Waals surface area contributed by atoms with Crippen LogP contribution in [0.2, 0.25) is 5.02 Å². The summed E-state index contributed by atoms with van der Waals surface area (Å²) in [5, 5.41) is 4.10. The molecule has 1 unspecified atom stereocenters. The zero-order valence-corrected chi connectivity index (χ0v) is 10.7. The highest BCUT2D eigenvalue weighted by atomic mass is 35.5. The lowest BCUT2D eigenvalue weighted by Gasteiger charge is -2.22. The molecule has 0 spiro atoms. The number of hydrogen-bond acceptors (Lipinski definition) is 3. The standard InChI is InChI=1S/C13H19ClN2O/c14-13-9-16-6-3-12(13)10-17-7-4-11-2-1-5-15-8-11/h3,6,9,11,15H,1-2,4-5,7-8,10H2. The van der Waals surface area contributed by atoms with E-state index in [4.69, 9.17) is 16.3 Å². The van der Waals surface area contributed by atoms with E-state index >= 15 is 0 Å². The van der Waals surface area contributed by atoms with Crippen LogP contribution in [-0.2, 0) is 11.3 Å². The van der Waals surface area contributed by atoms with Gasteiger partial charge in [0.25, 0.3) is 0 Å². The van der Waals surface area contributed by atoms with Crippen molar-refractivity contribution in [3.05, 3.63) is 29.0 Å². The van der Waals surface area contributed by atoms with Crippen LogP contribution in [0.15, 0.2) is 18.5 Å². The van der Waals surface area contributed by atoms with E-state index in [-0.39, 0.29) is 0 Å². The number of nitrogens with one attached hydrogen (secondary N) is 1. The molecule has 1 aromatic rings. The third kappa shape index (κ3) is 4.26. The first-order chi connectivity index (χ1) is 8.36. The fourth-order valence-electron chi connectivity index (χ4n) is 2.12. The van der Waals surface area contributed by atoms with Crippen LogP contribution in [0.5, 0.6) is 0 Å². The van der Waals surface area contributed by atoms with Gasteiger partial charge in [-0.2, -0.15) is 0 Å². The second-order valence-corrected chi connectivity index (χ2v) is 4.93. The first kappa shape index (κ1) is 12.8. The van der Waals surface area contributed by atoms with Crippen LogP contribution in [0.1, 0.15) is 24.8 Å². The second kappa shape index (κ2) is 6.94. The normalized spacial score (nSPS) is 20.4. The van der Waals surface area contributed by atoms with Crippen molar-refractivity contribution in [1.82, 2.24) is 10.3 Å². The van der Waals surface area contributed by atoms with Gasteiger partial charge in [0, 0.05) is 19.0 Å². The van der Waals surface area contributed by atoms with Gasteiger partial charge >= 0.3 is 0 Å². The lowest BCUT2D eigenvalue weighted by Crippen LogP contribution is -2.30. The Balaban J connectivity index is 1.64. The van der Waals surface area contributed by atoms with Crippen LogP contribution in [0, 0.1) is 5.92 Å². The Morgan fingerprint density at radius 2 is 2.47 bits per heavy atom. The van der Waals surface area contributed by atoms with Gasteiger partial charge in [0.15, 0.2) is 0 Å². The molecule has 0 amide bonds. The molecule has 3 nitrogen and oxygen atoms in total. The van der Waals surface area contributed by atoms with Gasteiger partial charge < -0.3 is 10.1 Å². The quantitative estimate of drug-likeness (QED) is 0.821. The SMILES string of the molecule is Clc1cnccc1COCCC1CCCNC1. The van der Waals surface area contributed by atoms with E-state index in [1.54, 1.807) is 12.4 Å². The van der Waals surface area contributed by atoms with Crippen molar-refractivity contribution in [2.24, 2.45) is 5.92 Å². The lowest BCUT2D eigenvalue weighted by molar-refractivity contribution is 0.103. The molecule has 0 aliphatic carbocycles. The third-order valence-electron chi connectivity index (χ3n) is 3.18. The van der Waals surface area contributed by atoms with Gasteiger partial charge in [-0.15, -0.1) is 0 Å². The summed E-state index contributed by atoms with van der Waals surface area (Å²) < 4.78 is 5.66. The zero-order valence-electron chi connectivity index (χ0n) is 9.99. The predicted octanol–water partition coefficient (Wildman–Crippen LogP) is 2.64. The highest BCUT2D eigenvalue weighted by molar-refractivity contribution is 6.31. The van der Waals surface area contributed by atoms with Gasteiger partial charge in [0.05, 0.1) is 11.6 Å². The molecular weight excluding hydrogens is 236 g/mol. The van der Waals surface area contributed by atoms with Crippen molar-refractivity contribution >= 4 is 11.6 Å². The molecule has 1 saturated heterocycles. The summed E-state index contributed by atoms with van der Waals surface area (Å²) in [7, 11) is 0. The molecule has 4 heteroatoms. The van der Waals surface area contributed by atoms with Gasteiger partial charge in [0.2, 0.25) is 0 Å². The van der Waals surface area contributed by atoms with Crippen LogP contribution in [0.4, 0.5) is 0 Å². The maximum absolute atomic E-state index is 6.00. The fraction of sp³-hybridized carbons (Fsp3) is 0.615. The molecule has 1 aliphatic rings. The monoisotopic (exact) mass is 254 g/mol. The van der Waals surface area contributed by atoms with Crippen molar-refractivity contribution in [2.45, 2.75) is 25.9 Å². The number of halogens is 1. The number of nitrogens with zero attached hydrogens (tertiary/aromatic N) is 1. The summed E-state index contributed by atoms with van der Waals surface area (Å²) in [5.74, 6) is 0.775. The third-order valence-corrected chi connectivity index (χ3v) is 3.52. The number of aromatic nitrogens is 1. The molecule has 1 aromatic heterocycles. The summed E-state index contributed by atoms with van der Waals surface area (Å²) in [6.07, 6.45) is 7.16. The Labute approximate surface area is 108 Å². The van der Waals surface area contributed by atoms with Gasteiger partial charge in [0.1, 0.15) is 0 Å². The Morgan fingerprint density at radius 3 is 3.24 bits per heavy atom. The molecule has 1 N–H and O–H groups in total. The van der Waals surface area contributed by atoms with Crippen LogP contribution >= 0.6 is 11.6 Å². The molecule has 1 aliphatic heterocycles. The number of pyridine rings is 1. The smallest absolute Gasteiger partial charge is 0.0732 e. The maximum Gasteiger partial charge on any atom is 0.0732 e. The van der Waals surface area contributed by atoms with Crippen molar-refractivity contribution in [3.8, 4) is 0 Å². The largest absolute Gasteiger partial charge is 0.377 e. The minimum absolute atomic E-state index is 0.585. The molecular formula is C13H19ClN2O. The minimum Gasteiger partial charge on any atom is -0.377 e. The summed E-state index contributed by atoms with van der Waals surface area (Å²) in [4.78, 5) is 3.95. The molecule has 94 valence electrons. The van der Waals surface area contributed by atoms with Crippen LogP contribution in [-0.4, -0.2) is 24.7 Å². The second-order valence-electron chi connectivity index (χ2n) is 4.52. The van der Waals surface area contributed by atoms with Crippen LogP contribution < -0.4 is 5.32 Å².